The standard InChI is InChI=1S/C20H31NO3/c1-3-23-18-12-11-16(15-19(18)24-4-2)13-14-21-20(22)17-9-7-5-6-8-10-17/h11-12,15,17H,3-10,13-14H2,1-2H3,(H,21,22). The summed E-state index contributed by atoms with van der Waals surface area (Å²) in [6.07, 6.45) is 7.83. The first kappa shape index (κ1) is 18.6. The monoisotopic (exact) mass is 333 g/mol. The zero-order chi connectivity index (χ0) is 17.2. The van der Waals surface area contributed by atoms with Crippen molar-refractivity contribution in [1.29, 1.82) is 0 Å². The molecule has 0 radical (unpaired) electrons. The summed E-state index contributed by atoms with van der Waals surface area (Å²) >= 11 is 0. The molecule has 1 saturated carbocycles. The van der Waals surface area contributed by atoms with Gasteiger partial charge in [0.2, 0.25) is 5.91 Å². The minimum absolute atomic E-state index is 0.215. The molecule has 1 fully saturated rings. The van der Waals surface area contributed by atoms with Crippen LogP contribution in [0.15, 0.2) is 18.2 Å². The Morgan fingerprint density at radius 3 is 2.38 bits per heavy atom. The lowest BCUT2D eigenvalue weighted by Gasteiger charge is -2.15. The molecule has 0 aliphatic heterocycles. The zero-order valence-corrected chi connectivity index (χ0v) is 15.1. The van der Waals surface area contributed by atoms with E-state index in [-0.39, 0.29) is 11.8 Å². The first-order chi connectivity index (χ1) is 11.7. The molecule has 1 aliphatic rings. The highest BCUT2D eigenvalue weighted by molar-refractivity contribution is 5.78. The lowest BCUT2D eigenvalue weighted by Crippen LogP contribution is -2.32. The van der Waals surface area contributed by atoms with E-state index in [0.29, 0.717) is 19.8 Å². The number of benzene rings is 1. The van der Waals surface area contributed by atoms with E-state index < -0.39 is 0 Å². The van der Waals surface area contributed by atoms with Crippen LogP contribution in [0.3, 0.4) is 0 Å². The Morgan fingerprint density at radius 2 is 1.71 bits per heavy atom. The third-order valence-electron chi connectivity index (χ3n) is 4.55. The van der Waals surface area contributed by atoms with Crippen LogP contribution in [0.4, 0.5) is 0 Å². The number of hydrogen-bond donors (Lipinski definition) is 1. The summed E-state index contributed by atoms with van der Waals surface area (Å²) in [4.78, 5) is 12.3. The molecule has 24 heavy (non-hydrogen) atoms. The van der Waals surface area contributed by atoms with Crippen molar-refractivity contribution in [3.8, 4) is 11.5 Å². The number of carbonyl (C=O) groups is 1. The largest absolute Gasteiger partial charge is 0.490 e. The van der Waals surface area contributed by atoms with Gasteiger partial charge in [-0.2, -0.15) is 0 Å². The van der Waals surface area contributed by atoms with Crippen molar-refractivity contribution in [2.45, 2.75) is 58.8 Å². The molecule has 1 N–H and O–H groups in total. The minimum Gasteiger partial charge on any atom is -0.490 e. The van der Waals surface area contributed by atoms with Crippen molar-refractivity contribution in [2.24, 2.45) is 5.92 Å². The normalized spacial score (nSPS) is 15.6. The molecule has 0 bridgehead atoms. The molecule has 1 aliphatic carbocycles. The van der Waals surface area contributed by atoms with E-state index in [1.54, 1.807) is 0 Å². The van der Waals surface area contributed by atoms with E-state index in [1.807, 2.05) is 32.0 Å². The van der Waals surface area contributed by atoms with Gasteiger partial charge < -0.3 is 14.8 Å². The van der Waals surface area contributed by atoms with E-state index in [9.17, 15) is 4.79 Å². The molecule has 1 aromatic rings. The molecular formula is C20H31NO3. The lowest BCUT2D eigenvalue weighted by atomic mass is 9.99. The average molecular weight is 333 g/mol. The van der Waals surface area contributed by atoms with Crippen molar-refractivity contribution in [2.75, 3.05) is 19.8 Å². The van der Waals surface area contributed by atoms with Gasteiger partial charge in [-0.3, -0.25) is 4.79 Å². The van der Waals surface area contributed by atoms with Crippen LogP contribution < -0.4 is 14.8 Å². The first-order valence-corrected chi connectivity index (χ1v) is 9.40. The predicted molar refractivity (Wildman–Crippen MR) is 96.7 cm³/mol. The van der Waals surface area contributed by atoms with Crippen LogP contribution in [-0.4, -0.2) is 25.7 Å². The maximum atomic E-state index is 12.3. The fourth-order valence-electron chi connectivity index (χ4n) is 3.27. The topological polar surface area (TPSA) is 47.6 Å². The van der Waals surface area contributed by atoms with Crippen LogP contribution in [0, 0.1) is 5.92 Å². The Labute approximate surface area is 145 Å². The lowest BCUT2D eigenvalue weighted by molar-refractivity contribution is -0.125. The third-order valence-corrected chi connectivity index (χ3v) is 4.55. The van der Waals surface area contributed by atoms with Crippen LogP contribution in [0.1, 0.15) is 57.9 Å². The van der Waals surface area contributed by atoms with Gasteiger partial charge in [0.05, 0.1) is 13.2 Å². The van der Waals surface area contributed by atoms with Gasteiger partial charge in [0, 0.05) is 12.5 Å². The zero-order valence-electron chi connectivity index (χ0n) is 15.1. The summed E-state index contributed by atoms with van der Waals surface area (Å²) in [5, 5.41) is 3.11. The second kappa shape index (κ2) is 10.2. The smallest absolute Gasteiger partial charge is 0.223 e. The number of hydrogen-bond acceptors (Lipinski definition) is 3. The molecular weight excluding hydrogens is 302 g/mol. The van der Waals surface area contributed by atoms with Gasteiger partial charge in [0.1, 0.15) is 0 Å². The van der Waals surface area contributed by atoms with Gasteiger partial charge in [-0.25, -0.2) is 0 Å². The van der Waals surface area contributed by atoms with Gasteiger partial charge in [-0.1, -0.05) is 31.7 Å². The van der Waals surface area contributed by atoms with E-state index in [2.05, 4.69) is 5.32 Å². The molecule has 0 saturated heterocycles. The number of carbonyl (C=O) groups excluding carboxylic acids is 1. The molecule has 1 amide bonds. The molecule has 0 unspecified atom stereocenters. The van der Waals surface area contributed by atoms with Crippen molar-refractivity contribution in [3.63, 3.8) is 0 Å². The highest BCUT2D eigenvalue weighted by Gasteiger charge is 2.19. The van der Waals surface area contributed by atoms with Crippen molar-refractivity contribution in [1.82, 2.24) is 5.32 Å². The fourth-order valence-corrected chi connectivity index (χ4v) is 3.27. The Kier molecular flexibility index (Phi) is 7.93. The van der Waals surface area contributed by atoms with Gasteiger partial charge in [-0.05, 0) is 50.8 Å². The molecule has 0 spiro atoms. The molecule has 4 nitrogen and oxygen atoms in total. The molecule has 0 atom stereocenters. The van der Waals surface area contributed by atoms with Crippen LogP contribution in [0.25, 0.3) is 0 Å². The molecule has 0 aromatic heterocycles. The van der Waals surface area contributed by atoms with Crippen LogP contribution in [-0.2, 0) is 11.2 Å². The average Bonchev–Trinajstić information content (AvgIpc) is 2.87. The summed E-state index contributed by atoms with van der Waals surface area (Å²) in [7, 11) is 0. The number of rotatable bonds is 8. The first-order valence-electron chi connectivity index (χ1n) is 9.40. The molecule has 1 aromatic carbocycles. The van der Waals surface area contributed by atoms with Crippen molar-refractivity contribution in [3.05, 3.63) is 23.8 Å². The number of amides is 1. The second-order valence-electron chi connectivity index (χ2n) is 6.38. The quantitative estimate of drug-likeness (QED) is 0.728. The van der Waals surface area contributed by atoms with Crippen molar-refractivity contribution >= 4 is 5.91 Å². The summed E-state index contributed by atoms with van der Waals surface area (Å²) in [6, 6.07) is 6.02. The Balaban J connectivity index is 1.84. The van der Waals surface area contributed by atoms with Gasteiger partial charge in [0.25, 0.3) is 0 Å². The maximum Gasteiger partial charge on any atom is 0.223 e. The number of ether oxygens (including phenoxy) is 2. The molecule has 4 heteroatoms. The van der Waals surface area contributed by atoms with Gasteiger partial charge >= 0.3 is 0 Å². The summed E-state index contributed by atoms with van der Waals surface area (Å²) in [5.41, 5.74) is 1.16. The summed E-state index contributed by atoms with van der Waals surface area (Å²) in [6.45, 7) is 5.84. The molecule has 0 heterocycles. The molecule has 2 rings (SSSR count). The predicted octanol–water partition coefficient (Wildman–Crippen LogP) is 4.11. The fraction of sp³-hybridized carbons (Fsp3) is 0.650. The third kappa shape index (κ3) is 5.73. The highest BCUT2D eigenvalue weighted by Crippen LogP contribution is 2.28. The maximum absolute atomic E-state index is 12.3. The summed E-state index contributed by atoms with van der Waals surface area (Å²) in [5.74, 6) is 2.01. The Morgan fingerprint density at radius 1 is 1.04 bits per heavy atom. The van der Waals surface area contributed by atoms with E-state index in [1.165, 1.54) is 25.7 Å². The van der Waals surface area contributed by atoms with Crippen molar-refractivity contribution < 1.29 is 14.3 Å². The second-order valence-corrected chi connectivity index (χ2v) is 6.38. The van der Waals surface area contributed by atoms with Gasteiger partial charge in [-0.15, -0.1) is 0 Å². The Bertz CT molecular complexity index is 508. The van der Waals surface area contributed by atoms with Crippen LogP contribution in [0.2, 0.25) is 0 Å². The Hall–Kier alpha value is -1.71. The number of nitrogens with one attached hydrogen (secondary N) is 1. The van der Waals surface area contributed by atoms with E-state index >= 15 is 0 Å². The van der Waals surface area contributed by atoms with Crippen LogP contribution >= 0.6 is 0 Å². The molecule has 134 valence electrons. The minimum atomic E-state index is 0.215. The van der Waals surface area contributed by atoms with E-state index in [4.69, 9.17) is 9.47 Å². The SMILES string of the molecule is CCOc1ccc(CCNC(=O)C2CCCCCC2)cc1OCC. The van der Waals surface area contributed by atoms with Crippen LogP contribution in [0.5, 0.6) is 11.5 Å². The highest BCUT2D eigenvalue weighted by atomic mass is 16.5. The summed E-state index contributed by atoms with van der Waals surface area (Å²) < 4.78 is 11.2. The van der Waals surface area contributed by atoms with E-state index in [0.717, 1.165) is 36.3 Å². The van der Waals surface area contributed by atoms with Gasteiger partial charge in [0.15, 0.2) is 11.5 Å².